The zero-order chi connectivity index (χ0) is 27.4. The Hall–Kier alpha value is -4.15. The molecule has 0 radical (unpaired) electrons. The van der Waals surface area contributed by atoms with Crippen LogP contribution in [0, 0.1) is 0 Å². The summed E-state index contributed by atoms with van der Waals surface area (Å²) < 4.78 is 47.8. The van der Waals surface area contributed by atoms with Crippen LogP contribution in [0.5, 0.6) is 0 Å². The minimum atomic E-state index is -4.82. The number of rotatable bonds is 9. The summed E-state index contributed by atoms with van der Waals surface area (Å²) in [6.45, 7) is 2.53. The van der Waals surface area contributed by atoms with Crippen LogP contribution in [0.15, 0.2) is 48.5 Å². The predicted molar refractivity (Wildman–Crippen MR) is 133 cm³/mol. The quantitative estimate of drug-likeness (QED) is 0.328. The first-order valence-corrected chi connectivity index (χ1v) is 12.1. The lowest BCUT2D eigenvalue weighted by Crippen LogP contribution is -2.31. The van der Waals surface area contributed by atoms with Gasteiger partial charge in [-0.2, -0.15) is 18.3 Å². The molecule has 1 atom stereocenters. The highest BCUT2D eigenvalue weighted by Crippen LogP contribution is 2.38. The van der Waals surface area contributed by atoms with Gasteiger partial charge in [0.25, 0.3) is 5.91 Å². The Morgan fingerprint density at radius 1 is 1.13 bits per heavy atom. The second-order valence-electron chi connectivity index (χ2n) is 9.02. The van der Waals surface area contributed by atoms with Crippen LogP contribution < -0.4 is 10.2 Å². The van der Waals surface area contributed by atoms with Crippen LogP contribution in [-0.4, -0.2) is 41.6 Å². The van der Waals surface area contributed by atoms with Crippen LogP contribution in [0.25, 0.3) is 0 Å². The lowest BCUT2D eigenvalue weighted by atomic mass is 10.0. The van der Waals surface area contributed by atoms with Crippen molar-refractivity contribution in [1.29, 1.82) is 0 Å². The van der Waals surface area contributed by atoms with E-state index in [1.54, 1.807) is 24.0 Å². The summed E-state index contributed by atoms with van der Waals surface area (Å²) in [6.07, 6.45) is -3.04. The number of anilines is 1. The second kappa shape index (κ2) is 11.1. The van der Waals surface area contributed by atoms with E-state index in [0.29, 0.717) is 30.5 Å². The first-order chi connectivity index (χ1) is 18.1. The highest BCUT2D eigenvalue weighted by atomic mass is 19.4. The fourth-order valence-corrected chi connectivity index (χ4v) is 4.52. The van der Waals surface area contributed by atoms with Crippen molar-refractivity contribution in [2.75, 3.05) is 18.6 Å². The maximum atomic E-state index is 14.0. The summed E-state index contributed by atoms with van der Waals surface area (Å²) in [5, 5.41) is 6.40. The largest absolute Gasteiger partial charge is 0.465 e. The molecule has 1 aliphatic heterocycles. The number of amides is 1. The molecule has 2 heterocycles. The van der Waals surface area contributed by atoms with Gasteiger partial charge in [0, 0.05) is 19.5 Å². The van der Waals surface area contributed by atoms with Gasteiger partial charge in [0.05, 0.1) is 25.3 Å². The molecule has 38 heavy (non-hydrogen) atoms. The lowest BCUT2D eigenvalue weighted by Gasteiger charge is -2.21. The summed E-state index contributed by atoms with van der Waals surface area (Å²) in [6, 6.07) is 13.1. The zero-order valence-electron chi connectivity index (χ0n) is 20.9. The molecule has 1 aromatic heterocycles. The van der Waals surface area contributed by atoms with Crippen molar-refractivity contribution in [2.24, 2.45) is 0 Å². The van der Waals surface area contributed by atoms with E-state index in [2.05, 4.69) is 15.2 Å². The standard InChI is InChI=1S/C27H27F3N4O4/c1-17(20-8-10-21(11-9-20)26(37)38-2)31-24(36)22-23(27(28,29)30)32-34-13-12-33(25(22)34)16-19-6-3-5-18(15-19)7-4-14-35/h3,5-6,8-11,14-15,17H,4,7,12-13,16H2,1-2H3,(H,31,36). The first kappa shape index (κ1) is 26.9. The van der Waals surface area contributed by atoms with Gasteiger partial charge >= 0.3 is 12.1 Å². The van der Waals surface area contributed by atoms with Gasteiger partial charge in [-0.3, -0.25) is 4.79 Å². The Balaban J connectivity index is 1.60. The topological polar surface area (TPSA) is 93.5 Å². The van der Waals surface area contributed by atoms with Gasteiger partial charge in [-0.15, -0.1) is 0 Å². The molecule has 4 rings (SSSR count). The van der Waals surface area contributed by atoms with Crippen molar-refractivity contribution in [3.05, 3.63) is 82.0 Å². The molecule has 0 spiro atoms. The van der Waals surface area contributed by atoms with Crippen molar-refractivity contribution in [2.45, 2.75) is 45.1 Å². The van der Waals surface area contributed by atoms with Crippen molar-refractivity contribution < 1.29 is 32.3 Å². The van der Waals surface area contributed by atoms with Crippen LogP contribution in [0.2, 0.25) is 0 Å². The summed E-state index contributed by atoms with van der Waals surface area (Å²) in [7, 11) is 1.26. The fourth-order valence-electron chi connectivity index (χ4n) is 4.52. The van der Waals surface area contributed by atoms with Crippen LogP contribution in [-0.2, 0) is 35.2 Å². The highest BCUT2D eigenvalue weighted by molar-refractivity contribution is 6.01. The Bertz CT molecular complexity index is 1340. The molecule has 0 saturated heterocycles. The Labute approximate surface area is 217 Å². The van der Waals surface area contributed by atoms with Gasteiger partial charge in [0.2, 0.25) is 0 Å². The number of carbonyl (C=O) groups excluding carboxylic acids is 3. The lowest BCUT2D eigenvalue weighted by molar-refractivity contribution is -0.141. The number of nitrogens with one attached hydrogen (secondary N) is 1. The number of nitrogens with zero attached hydrogens (tertiary/aromatic N) is 3. The number of esters is 1. The Morgan fingerprint density at radius 2 is 1.84 bits per heavy atom. The van der Waals surface area contributed by atoms with Crippen molar-refractivity contribution in [3.63, 3.8) is 0 Å². The minimum absolute atomic E-state index is 0.112. The number of hydrogen-bond acceptors (Lipinski definition) is 6. The maximum absolute atomic E-state index is 14.0. The van der Waals surface area contributed by atoms with Crippen LogP contribution in [0.4, 0.5) is 19.0 Å². The van der Waals surface area contributed by atoms with E-state index in [4.69, 9.17) is 0 Å². The van der Waals surface area contributed by atoms with Gasteiger partial charge in [0.15, 0.2) is 5.69 Å². The Kier molecular flexibility index (Phi) is 7.84. The van der Waals surface area contributed by atoms with Gasteiger partial charge in [-0.1, -0.05) is 36.4 Å². The summed E-state index contributed by atoms with van der Waals surface area (Å²) >= 11 is 0. The van der Waals surface area contributed by atoms with E-state index >= 15 is 0 Å². The average Bonchev–Trinajstić information content (AvgIpc) is 3.47. The highest BCUT2D eigenvalue weighted by Gasteiger charge is 2.44. The fraction of sp³-hybridized carbons (Fsp3) is 0.333. The number of aldehydes is 1. The number of aromatic nitrogens is 2. The Morgan fingerprint density at radius 3 is 2.50 bits per heavy atom. The number of fused-ring (bicyclic) bond motifs is 1. The van der Waals surface area contributed by atoms with Crippen LogP contribution >= 0.6 is 0 Å². The van der Waals surface area contributed by atoms with Crippen molar-refractivity contribution in [1.82, 2.24) is 15.1 Å². The van der Waals surface area contributed by atoms with E-state index in [0.717, 1.165) is 17.4 Å². The summed E-state index contributed by atoms with van der Waals surface area (Å²) in [4.78, 5) is 37.4. The van der Waals surface area contributed by atoms with E-state index < -0.39 is 35.4 Å². The second-order valence-corrected chi connectivity index (χ2v) is 9.02. The number of hydrogen-bond donors (Lipinski definition) is 1. The smallest absolute Gasteiger partial charge is 0.436 e. The molecule has 0 aliphatic carbocycles. The first-order valence-electron chi connectivity index (χ1n) is 12.1. The normalized spacial score (nSPS) is 13.7. The molecule has 0 bridgehead atoms. The summed E-state index contributed by atoms with van der Waals surface area (Å²) in [5.41, 5.74) is 0.958. The molecule has 1 aliphatic rings. The number of halogens is 3. The van der Waals surface area contributed by atoms with Crippen LogP contribution in [0.3, 0.4) is 0 Å². The number of methoxy groups -OCH3 is 1. The molecule has 11 heteroatoms. The number of carbonyl (C=O) groups is 3. The molecule has 0 fully saturated rings. The zero-order valence-corrected chi connectivity index (χ0v) is 20.9. The minimum Gasteiger partial charge on any atom is -0.465 e. The monoisotopic (exact) mass is 528 g/mol. The van der Waals surface area contributed by atoms with Gasteiger partial charge < -0.3 is 19.7 Å². The van der Waals surface area contributed by atoms with Crippen molar-refractivity contribution in [3.8, 4) is 0 Å². The SMILES string of the molecule is COC(=O)c1ccc(C(C)NC(=O)c2c(C(F)(F)F)nn3c2N(Cc2cccc(CCC=O)c2)CC3)cc1. The number of alkyl halides is 3. The molecule has 0 saturated carbocycles. The van der Waals surface area contributed by atoms with Gasteiger partial charge in [-0.25, -0.2) is 9.48 Å². The average molecular weight is 529 g/mol. The van der Waals surface area contributed by atoms with Crippen LogP contribution in [0.1, 0.15) is 62.5 Å². The van der Waals surface area contributed by atoms with E-state index in [-0.39, 0.29) is 18.9 Å². The van der Waals surface area contributed by atoms with Gasteiger partial charge in [-0.05, 0) is 42.2 Å². The molecular weight excluding hydrogens is 501 g/mol. The number of aryl methyl sites for hydroxylation is 1. The molecule has 3 aromatic rings. The van der Waals surface area contributed by atoms with E-state index in [1.807, 2.05) is 24.3 Å². The van der Waals surface area contributed by atoms with Crippen molar-refractivity contribution >= 4 is 24.0 Å². The summed E-state index contributed by atoms with van der Waals surface area (Å²) in [5.74, 6) is -1.30. The third-order valence-electron chi connectivity index (χ3n) is 6.40. The van der Waals surface area contributed by atoms with E-state index in [1.165, 1.54) is 23.9 Å². The molecule has 200 valence electrons. The number of ether oxygens (including phenoxy) is 1. The molecule has 1 N–H and O–H groups in total. The predicted octanol–water partition coefficient (Wildman–Crippen LogP) is 4.33. The molecular formula is C27H27F3N4O4. The molecule has 1 amide bonds. The van der Waals surface area contributed by atoms with Gasteiger partial charge in [0.1, 0.15) is 17.7 Å². The molecule has 8 nitrogen and oxygen atoms in total. The third kappa shape index (κ3) is 5.71. The molecule has 2 aromatic carbocycles. The molecule has 1 unspecified atom stereocenters. The third-order valence-corrected chi connectivity index (χ3v) is 6.40. The van der Waals surface area contributed by atoms with E-state index in [9.17, 15) is 27.6 Å². The number of benzene rings is 2. The maximum Gasteiger partial charge on any atom is 0.436 e.